The molecule has 0 bridgehead atoms. The number of anilines is 2. The minimum atomic E-state index is -0.276. The second-order valence-corrected chi connectivity index (χ2v) is 7.88. The Balaban J connectivity index is 1.59. The van der Waals surface area contributed by atoms with Crippen molar-refractivity contribution in [3.8, 4) is 11.5 Å². The smallest absolute Gasteiger partial charge is 0.255 e. The van der Waals surface area contributed by atoms with Gasteiger partial charge in [0.25, 0.3) is 5.91 Å². The Morgan fingerprint density at radius 1 is 0.871 bits per heavy atom. The maximum absolute atomic E-state index is 12.6. The van der Waals surface area contributed by atoms with Crippen molar-refractivity contribution in [3.63, 3.8) is 0 Å². The quantitative estimate of drug-likeness (QED) is 0.447. The van der Waals surface area contributed by atoms with Crippen LogP contribution in [0.3, 0.4) is 0 Å². The highest BCUT2D eigenvalue weighted by molar-refractivity contribution is 8.00. The number of ether oxygens (including phenoxy) is 2. The van der Waals surface area contributed by atoms with E-state index in [4.69, 9.17) is 21.1 Å². The monoisotopic (exact) mass is 456 g/mol. The van der Waals surface area contributed by atoms with Crippen molar-refractivity contribution in [2.24, 2.45) is 0 Å². The zero-order valence-corrected chi connectivity index (χ0v) is 18.5. The third-order valence-electron chi connectivity index (χ3n) is 4.22. The number of halogens is 1. The fraction of sp³-hybridized carbons (Fsp3) is 0.130. The molecule has 3 aromatic carbocycles. The number of hydrogen-bond acceptors (Lipinski definition) is 5. The first-order valence-corrected chi connectivity index (χ1v) is 10.7. The lowest BCUT2D eigenvalue weighted by molar-refractivity contribution is -0.113. The molecule has 2 amide bonds. The Hall–Kier alpha value is -3.16. The third kappa shape index (κ3) is 6.41. The maximum Gasteiger partial charge on any atom is 0.255 e. The Morgan fingerprint density at radius 3 is 2.29 bits per heavy atom. The van der Waals surface area contributed by atoms with Crippen molar-refractivity contribution in [2.75, 3.05) is 30.6 Å². The van der Waals surface area contributed by atoms with Gasteiger partial charge in [-0.05, 0) is 54.6 Å². The molecule has 0 saturated carbocycles. The van der Waals surface area contributed by atoms with Crippen LogP contribution in [0.2, 0.25) is 5.02 Å². The van der Waals surface area contributed by atoms with Gasteiger partial charge in [0, 0.05) is 26.9 Å². The summed E-state index contributed by atoms with van der Waals surface area (Å²) < 4.78 is 10.4. The second kappa shape index (κ2) is 10.7. The molecule has 0 saturated heterocycles. The highest BCUT2D eigenvalue weighted by Gasteiger charge is 2.12. The topological polar surface area (TPSA) is 76.7 Å². The summed E-state index contributed by atoms with van der Waals surface area (Å²) in [6.07, 6.45) is 0. The van der Waals surface area contributed by atoms with Crippen LogP contribution in [0.5, 0.6) is 11.5 Å². The Kier molecular flexibility index (Phi) is 7.81. The lowest BCUT2D eigenvalue weighted by Gasteiger charge is -2.11. The van der Waals surface area contributed by atoms with Crippen molar-refractivity contribution in [1.82, 2.24) is 0 Å². The summed E-state index contributed by atoms with van der Waals surface area (Å²) in [5, 5.41) is 6.22. The Bertz CT molecular complexity index is 1090. The van der Waals surface area contributed by atoms with E-state index in [1.807, 2.05) is 18.2 Å². The van der Waals surface area contributed by atoms with Crippen molar-refractivity contribution in [2.45, 2.75) is 4.90 Å². The van der Waals surface area contributed by atoms with Gasteiger partial charge in [-0.15, -0.1) is 11.8 Å². The molecule has 8 heteroatoms. The Morgan fingerprint density at radius 2 is 1.58 bits per heavy atom. The average molecular weight is 457 g/mol. The zero-order valence-electron chi connectivity index (χ0n) is 17.0. The standard InChI is InChI=1S/C23H21ClN2O4S/c1-29-20-10-9-15(11-21(20)30-2)23(28)26-18-7-4-8-19(13-18)31-14-22(27)25-17-6-3-5-16(24)12-17/h3-13H,14H2,1-2H3,(H,25,27)(H,26,28). The zero-order chi connectivity index (χ0) is 22.2. The van der Waals surface area contributed by atoms with Gasteiger partial charge in [-0.25, -0.2) is 0 Å². The van der Waals surface area contributed by atoms with Crippen LogP contribution in [-0.4, -0.2) is 31.8 Å². The van der Waals surface area contributed by atoms with Gasteiger partial charge in [-0.2, -0.15) is 0 Å². The molecule has 0 aliphatic heterocycles. The van der Waals surface area contributed by atoms with Crippen molar-refractivity contribution < 1.29 is 19.1 Å². The number of benzene rings is 3. The molecule has 0 aliphatic carbocycles. The number of nitrogens with one attached hydrogen (secondary N) is 2. The summed E-state index contributed by atoms with van der Waals surface area (Å²) in [5.41, 5.74) is 1.71. The van der Waals surface area contributed by atoms with E-state index in [-0.39, 0.29) is 17.6 Å². The molecule has 0 fully saturated rings. The second-order valence-electron chi connectivity index (χ2n) is 6.40. The van der Waals surface area contributed by atoms with Crippen molar-refractivity contribution >= 4 is 46.6 Å². The fourth-order valence-electron chi connectivity index (χ4n) is 2.76. The van der Waals surface area contributed by atoms with E-state index in [2.05, 4.69) is 10.6 Å². The number of thioether (sulfide) groups is 1. The minimum Gasteiger partial charge on any atom is -0.493 e. The summed E-state index contributed by atoms with van der Waals surface area (Å²) in [6.45, 7) is 0. The van der Waals surface area contributed by atoms with Crippen LogP contribution in [0.25, 0.3) is 0 Å². The van der Waals surface area contributed by atoms with Gasteiger partial charge in [-0.3, -0.25) is 9.59 Å². The molecule has 0 unspecified atom stereocenters. The first kappa shape index (κ1) is 22.5. The molecule has 3 rings (SSSR count). The van der Waals surface area contributed by atoms with E-state index >= 15 is 0 Å². The van der Waals surface area contributed by atoms with E-state index in [0.717, 1.165) is 4.90 Å². The Labute approximate surface area is 189 Å². The molecule has 3 aromatic rings. The van der Waals surface area contributed by atoms with Gasteiger partial charge in [-0.1, -0.05) is 23.7 Å². The molecule has 0 radical (unpaired) electrons. The molecule has 0 aliphatic rings. The number of carbonyl (C=O) groups is 2. The lowest BCUT2D eigenvalue weighted by atomic mass is 10.2. The van der Waals surface area contributed by atoms with Gasteiger partial charge in [0.05, 0.1) is 20.0 Å². The highest BCUT2D eigenvalue weighted by Crippen LogP contribution is 2.28. The van der Waals surface area contributed by atoms with E-state index in [1.54, 1.807) is 48.5 Å². The van der Waals surface area contributed by atoms with Crippen molar-refractivity contribution in [1.29, 1.82) is 0 Å². The number of hydrogen-bond donors (Lipinski definition) is 2. The first-order chi connectivity index (χ1) is 15.0. The van der Waals surface area contributed by atoms with Crippen LogP contribution in [0.15, 0.2) is 71.6 Å². The molecule has 160 valence electrons. The van der Waals surface area contributed by atoms with Crippen LogP contribution in [0.1, 0.15) is 10.4 Å². The van der Waals surface area contributed by atoms with Gasteiger partial charge in [0.2, 0.25) is 5.91 Å². The molecular formula is C23H21ClN2O4S. The SMILES string of the molecule is COc1ccc(C(=O)Nc2cccc(SCC(=O)Nc3cccc(Cl)c3)c2)cc1OC. The summed E-state index contributed by atoms with van der Waals surface area (Å²) in [7, 11) is 3.05. The fourth-order valence-corrected chi connectivity index (χ4v) is 3.70. The van der Waals surface area contributed by atoms with Crippen LogP contribution in [0, 0.1) is 0 Å². The van der Waals surface area contributed by atoms with E-state index in [0.29, 0.717) is 33.5 Å². The normalized spacial score (nSPS) is 10.3. The predicted molar refractivity (Wildman–Crippen MR) is 125 cm³/mol. The summed E-state index contributed by atoms with van der Waals surface area (Å²) >= 11 is 7.30. The lowest BCUT2D eigenvalue weighted by Crippen LogP contribution is -2.14. The first-order valence-electron chi connectivity index (χ1n) is 9.30. The number of amides is 2. The van der Waals surface area contributed by atoms with Gasteiger partial charge >= 0.3 is 0 Å². The van der Waals surface area contributed by atoms with Crippen LogP contribution < -0.4 is 20.1 Å². The van der Waals surface area contributed by atoms with E-state index in [9.17, 15) is 9.59 Å². The molecule has 31 heavy (non-hydrogen) atoms. The van der Waals surface area contributed by atoms with E-state index < -0.39 is 0 Å². The predicted octanol–water partition coefficient (Wildman–Crippen LogP) is 5.34. The average Bonchev–Trinajstić information content (AvgIpc) is 2.77. The van der Waals surface area contributed by atoms with E-state index in [1.165, 1.54) is 26.0 Å². The van der Waals surface area contributed by atoms with Crippen LogP contribution in [-0.2, 0) is 4.79 Å². The van der Waals surface area contributed by atoms with Crippen LogP contribution >= 0.6 is 23.4 Å². The summed E-state index contributed by atoms with van der Waals surface area (Å²) in [5.74, 6) is 0.826. The number of carbonyl (C=O) groups excluding carboxylic acids is 2. The van der Waals surface area contributed by atoms with Gasteiger partial charge in [0.15, 0.2) is 11.5 Å². The van der Waals surface area contributed by atoms with Crippen LogP contribution in [0.4, 0.5) is 11.4 Å². The largest absolute Gasteiger partial charge is 0.493 e. The maximum atomic E-state index is 12.6. The molecular weight excluding hydrogens is 436 g/mol. The number of methoxy groups -OCH3 is 2. The van der Waals surface area contributed by atoms with Gasteiger partial charge < -0.3 is 20.1 Å². The summed E-state index contributed by atoms with van der Waals surface area (Å²) in [4.78, 5) is 25.6. The highest BCUT2D eigenvalue weighted by atomic mass is 35.5. The molecule has 0 atom stereocenters. The van der Waals surface area contributed by atoms with Crippen molar-refractivity contribution in [3.05, 3.63) is 77.3 Å². The molecule has 0 spiro atoms. The molecule has 2 N–H and O–H groups in total. The molecule has 6 nitrogen and oxygen atoms in total. The minimum absolute atomic E-state index is 0.146. The number of rotatable bonds is 8. The molecule has 0 aromatic heterocycles. The van der Waals surface area contributed by atoms with Gasteiger partial charge in [0.1, 0.15) is 0 Å². The summed E-state index contributed by atoms with van der Waals surface area (Å²) in [6, 6.07) is 19.2. The third-order valence-corrected chi connectivity index (χ3v) is 5.44. The molecule has 0 heterocycles.